The molecule has 0 aliphatic carbocycles. The Morgan fingerprint density at radius 3 is 1.94 bits per heavy atom. The van der Waals surface area contributed by atoms with Crippen molar-refractivity contribution in [1.82, 2.24) is 10.2 Å². The van der Waals surface area contributed by atoms with E-state index in [0.717, 1.165) is 12.8 Å². The molecule has 0 spiro atoms. The summed E-state index contributed by atoms with van der Waals surface area (Å²) in [7, 11) is 3.05. The second-order valence-electron chi connectivity index (χ2n) is 7.43. The van der Waals surface area contributed by atoms with Crippen molar-refractivity contribution >= 4 is 29.2 Å². The number of piperidine rings is 1. The minimum Gasteiger partial charge on any atom is -0.495 e. The summed E-state index contributed by atoms with van der Waals surface area (Å²) < 4.78 is 10.4. The number of carbonyl (C=O) groups is 3. The molecule has 1 saturated heterocycles. The van der Waals surface area contributed by atoms with Crippen LogP contribution in [0.2, 0.25) is 0 Å². The number of hydrogen-bond donors (Lipinski definition) is 3. The van der Waals surface area contributed by atoms with Crippen molar-refractivity contribution in [3.8, 4) is 11.5 Å². The Bertz CT molecular complexity index is 957. The zero-order valence-electron chi connectivity index (χ0n) is 18.2. The number of nitrogens with one attached hydrogen (secondary N) is 3. The normalized spacial score (nSPS) is 13.8. The number of rotatable bonds is 6. The van der Waals surface area contributed by atoms with Gasteiger partial charge in [-0.05, 0) is 43.0 Å². The summed E-state index contributed by atoms with van der Waals surface area (Å²) in [5.74, 6) is -0.180. The molecule has 2 aromatic rings. The molecule has 0 aromatic heterocycles. The number of likely N-dealkylation sites (tertiary alicyclic amines) is 1. The quantitative estimate of drug-likeness (QED) is 0.599. The lowest BCUT2D eigenvalue weighted by molar-refractivity contribution is -0.136. The number of para-hydroxylation sites is 4. The summed E-state index contributed by atoms with van der Waals surface area (Å²) in [6, 6.07) is 13.9. The summed E-state index contributed by atoms with van der Waals surface area (Å²) in [6.45, 7) is 1.50. The van der Waals surface area contributed by atoms with Crippen molar-refractivity contribution in [2.75, 3.05) is 44.5 Å². The summed E-state index contributed by atoms with van der Waals surface area (Å²) in [5.41, 5.74) is 1.06. The minimum absolute atomic E-state index is 0.187. The molecule has 1 aliphatic heterocycles. The van der Waals surface area contributed by atoms with E-state index >= 15 is 0 Å². The van der Waals surface area contributed by atoms with E-state index in [-0.39, 0.29) is 11.9 Å². The van der Waals surface area contributed by atoms with E-state index in [0.29, 0.717) is 42.5 Å². The van der Waals surface area contributed by atoms with Gasteiger partial charge in [-0.15, -0.1) is 0 Å². The fourth-order valence-corrected chi connectivity index (χ4v) is 3.53. The highest BCUT2D eigenvalue weighted by Crippen LogP contribution is 2.25. The molecule has 9 heteroatoms. The molecule has 170 valence electrons. The highest BCUT2D eigenvalue weighted by atomic mass is 16.5. The largest absolute Gasteiger partial charge is 0.495 e. The molecular formula is C23H28N4O5. The minimum atomic E-state index is -0.747. The smallest absolute Gasteiger partial charge is 0.321 e. The molecule has 3 N–H and O–H groups in total. The van der Waals surface area contributed by atoms with Gasteiger partial charge in [0.1, 0.15) is 11.5 Å². The van der Waals surface area contributed by atoms with Crippen LogP contribution in [0.3, 0.4) is 0 Å². The molecule has 0 atom stereocenters. The van der Waals surface area contributed by atoms with Crippen molar-refractivity contribution < 1.29 is 23.9 Å². The van der Waals surface area contributed by atoms with E-state index in [9.17, 15) is 14.4 Å². The van der Waals surface area contributed by atoms with Crippen LogP contribution in [-0.4, -0.2) is 56.6 Å². The second kappa shape index (κ2) is 11.0. The lowest BCUT2D eigenvalue weighted by Gasteiger charge is -2.32. The predicted molar refractivity (Wildman–Crippen MR) is 121 cm³/mol. The van der Waals surface area contributed by atoms with Crippen LogP contribution in [0.5, 0.6) is 11.5 Å². The van der Waals surface area contributed by atoms with Crippen LogP contribution in [0.1, 0.15) is 12.8 Å². The first-order valence-electron chi connectivity index (χ1n) is 10.4. The molecule has 0 bridgehead atoms. The molecule has 3 rings (SSSR count). The monoisotopic (exact) mass is 440 g/mol. The van der Waals surface area contributed by atoms with E-state index in [2.05, 4.69) is 16.0 Å². The van der Waals surface area contributed by atoms with Crippen LogP contribution < -0.4 is 25.4 Å². The Balaban J connectivity index is 1.42. The van der Waals surface area contributed by atoms with Crippen LogP contribution >= 0.6 is 0 Å². The summed E-state index contributed by atoms with van der Waals surface area (Å²) in [4.78, 5) is 38.6. The van der Waals surface area contributed by atoms with E-state index in [1.165, 1.54) is 7.11 Å². The standard InChI is InChI=1S/C23H28N4O5/c1-31-19-9-5-3-7-17(19)25-22(29)21(28)24-15-16-11-13-27(14-12-16)23(30)26-18-8-4-6-10-20(18)32-2/h3-10,16H,11-15H2,1-2H3,(H,24,28)(H,25,29)(H,26,30). The van der Waals surface area contributed by atoms with Crippen LogP contribution in [-0.2, 0) is 9.59 Å². The predicted octanol–water partition coefficient (Wildman–Crippen LogP) is 2.70. The first-order chi connectivity index (χ1) is 15.5. The molecule has 1 aliphatic rings. The third-order valence-corrected chi connectivity index (χ3v) is 5.36. The van der Waals surface area contributed by atoms with Gasteiger partial charge in [-0.2, -0.15) is 0 Å². The van der Waals surface area contributed by atoms with Gasteiger partial charge in [0.05, 0.1) is 25.6 Å². The van der Waals surface area contributed by atoms with E-state index < -0.39 is 11.8 Å². The van der Waals surface area contributed by atoms with E-state index in [4.69, 9.17) is 9.47 Å². The van der Waals surface area contributed by atoms with Gasteiger partial charge in [-0.1, -0.05) is 24.3 Å². The van der Waals surface area contributed by atoms with Crippen LogP contribution in [0.15, 0.2) is 48.5 Å². The Morgan fingerprint density at radius 1 is 0.844 bits per heavy atom. The lowest BCUT2D eigenvalue weighted by Crippen LogP contribution is -2.44. The van der Waals surface area contributed by atoms with E-state index in [1.807, 2.05) is 12.1 Å². The highest BCUT2D eigenvalue weighted by Gasteiger charge is 2.24. The molecule has 1 heterocycles. The number of nitrogens with zero attached hydrogens (tertiary/aromatic N) is 1. The van der Waals surface area contributed by atoms with Crippen LogP contribution in [0.25, 0.3) is 0 Å². The SMILES string of the molecule is COc1ccccc1NC(=O)C(=O)NCC1CCN(C(=O)Nc2ccccc2OC)CC1. The van der Waals surface area contributed by atoms with Gasteiger partial charge in [0, 0.05) is 19.6 Å². The third-order valence-electron chi connectivity index (χ3n) is 5.36. The Labute approximate surface area is 187 Å². The van der Waals surface area contributed by atoms with E-state index in [1.54, 1.807) is 48.4 Å². The fourth-order valence-electron chi connectivity index (χ4n) is 3.53. The maximum Gasteiger partial charge on any atom is 0.321 e. The van der Waals surface area contributed by atoms with Crippen molar-refractivity contribution in [1.29, 1.82) is 0 Å². The number of anilines is 2. The molecule has 1 fully saturated rings. The number of amides is 4. The number of benzene rings is 2. The lowest BCUT2D eigenvalue weighted by atomic mass is 9.97. The summed E-state index contributed by atoms with van der Waals surface area (Å²) in [6.07, 6.45) is 1.46. The number of ether oxygens (including phenoxy) is 2. The number of methoxy groups -OCH3 is 2. The maximum absolute atomic E-state index is 12.5. The first-order valence-corrected chi connectivity index (χ1v) is 10.4. The average Bonchev–Trinajstić information content (AvgIpc) is 2.83. The van der Waals surface area contributed by atoms with Gasteiger partial charge in [0.25, 0.3) is 0 Å². The zero-order valence-corrected chi connectivity index (χ0v) is 18.2. The number of urea groups is 1. The molecule has 0 radical (unpaired) electrons. The van der Waals surface area contributed by atoms with Gasteiger partial charge in [0.15, 0.2) is 0 Å². The van der Waals surface area contributed by atoms with Gasteiger partial charge >= 0.3 is 17.8 Å². The Hall–Kier alpha value is -3.75. The Kier molecular flexibility index (Phi) is 7.91. The van der Waals surface area contributed by atoms with Gasteiger partial charge in [0.2, 0.25) is 0 Å². The van der Waals surface area contributed by atoms with Gasteiger partial charge in [-0.3, -0.25) is 9.59 Å². The topological polar surface area (TPSA) is 109 Å². The van der Waals surface area contributed by atoms with Gasteiger partial charge < -0.3 is 30.3 Å². The summed E-state index contributed by atoms with van der Waals surface area (Å²) in [5, 5.41) is 8.11. The molecule has 32 heavy (non-hydrogen) atoms. The molecule has 0 saturated carbocycles. The first kappa shape index (κ1) is 22.9. The molecule has 9 nitrogen and oxygen atoms in total. The molecular weight excluding hydrogens is 412 g/mol. The average molecular weight is 441 g/mol. The summed E-state index contributed by atoms with van der Waals surface area (Å²) >= 11 is 0. The molecule has 2 aromatic carbocycles. The fraction of sp³-hybridized carbons (Fsp3) is 0.348. The Morgan fingerprint density at radius 2 is 1.38 bits per heavy atom. The molecule has 0 unspecified atom stereocenters. The zero-order chi connectivity index (χ0) is 22.9. The van der Waals surface area contributed by atoms with Crippen LogP contribution in [0, 0.1) is 5.92 Å². The molecule has 4 amide bonds. The van der Waals surface area contributed by atoms with Crippen molar-refractivity contribution in [2.24, 2.45) is 5.92 Å². The van der Waals surface area contributed by atoms with Crippen molar-refractivity contribution in [2.45, 2.75) is 12.8 Å². The number of hydrogen-bond acceptors (Lipinski definition) is 5. The van der Waals surface area contributed by atoms with Crippen molar-refractivity contribution in [3.05, 3.63) is 48.5 Å². The maximum atomic E-state index is 12.5. The highest BCUT2D eigenvalue weighted by molar-refractivity contribution is 6.39. The second-order valence-corrected chi connectivity index (χ2v) is 7.43. The number of carbonyl (C=O) groups excluding carboxylic acids is 3. The van der Waals surface area contributed by atoms with Crippen molar-refractivity contribution in [3.63, 3.8) is 0 Å². The third kappa shape index (κ3) is 5.90. The van der Waals surface area contributed by atoms with Gasteiger partial charge in [-0.25, -0.2) is 4.79 Å². The van der Waals surface area contributed by atoms with Crippen LogP contribution in [0.4, 0.5) is 16.2 Å².